The van der Waals surface area contributed by atoms with Crippen LogP contribution in [-0.2, 0) is 16.0 Å². The molecule has 0 unspecified atom stereocenters. The number of aryl methyl sites for hydroxylation is 2. The van der Waals surface area contributed by atoms with Crippen molar-refractivity contribution in [3.8, 4) is 0 Å². The van der Waals surface area contributed by atoms with Crippen molar-refractivity contribution >= 4 is 17.5 Å². The molecular weight excluding hydrogens is 312 g/mol. The van der Waals surface area contributed by atoms with E-state index >= 15 is 0 Å². The maximum Gasteiger partial charge on any atom is 0.226 e. The van der Waals surface area contributed by atoms with Crippen LogP contribution in [0.4, 0.5) is 5.69 Å². The highest BCUT2D eigenvalue weighted by Crippen LogP contribution is 2.14. The fraction of sp³-hybridized carbons (Fsp3) is 0.333. The van der Waals surface area contributed by atoms with Gasteiger partial charge >= 0.3 is 0 Å². The number of anilines is 1. The maximum atomic E-state index is 12.2. The highest BCUT2D eigenvalue weighted by atomic mass is 16.2. The third kappa shape index (κ3) is 6.07. The molecule has 2 aromatic carbocycles. The Kier molecular flexibility index (Phi) is 6.75. The average Bonchev–Trinajstić information content (AvgIpc) is 2.58. The topological polar surface area (TPSA) is 49.4 Å². The van der Waals surface area contributed by atoms with E-state index in [1.165, 1.54) is 11.1 Å². The predicted molar refractivity (Wildman–Crippen MR) is 102 cm³/mol. The van der Waals surface area contributed by atoms with E-state index in [9.17, 15) is 9.59 Å². The minimum atomic E-state index is -0.0748. The lowest BCUT2D eigenvalue weighted by molar-refractivity contribution is -0.129. The fourth-order valence-electron chi connectivity index (χ4n) is 2.61. The second-order valence-electron chi connectivity index (χ2n) is 6.34. The summed E-state index contributed by atoms with van der Waals surface area (Å²) in [7, 11) is 0. The molecule has 2 amide bonds. The van der Waals surface area contributed by atoms with Crippen molar-refractivity contribution in [3.63, 3.8) is 0 Å². The van der Waals surface area contributed by atoms with Crippen LogP contribution in [0.3, 0.4) is 0 Å². The van der Waals surface area contributed by atoms with E-state index in [-0.39, 0.29) is 11.8 Å². The van der Waals surface area contributed by atoms with Crippen molar-refractivity contribution in [2.24, 2.45) is 0 Å². The molecule has 0 saturated heterocycles. The Labute approximate surface area is 149 Å². The van der Waals surface area contributed by atoms with Crippen molar-refractivity contribution < 1.29 is 9.59 Å². The SMILES string of the molecule is CC(=O)N(CCC(=O)Nc1ccc(C)c(C)c1)CCc1ccccc1. The zero-order valence-electron chi connectivity index (χ0n) is 15.2. The summed E-state index contributed by atoms with van der Waals surface area (Å²) in [4.78, 5) is 25.7. The molecule has 2 aromatic rings. The number of hydrogen-bond acceptors (Lipinski definition) is 2. The van der Waals surface area contributed by atoms with Crippen LogP contribution >= 0.6 is 0 Å². The second-order valence-corrected chi connectivity index (χ2v) is 6.34. The van der Waals surface area contributed by atoms with Gasteiger partial charge in [-0.3, -0.25) is 9.59 Å². The van der Waals surface area contributed by atoms with Gasteiger partial charge < -0.3 is 10.2 Å². The number of carbonyl (C=O) groups excluding carboxylic acids is 2. The Balaban J connectivity index is 1.84. The molecule has 0 radical (unpaired) electrons. The highest BCUT2D eigenvalue weighted by molar-refractivity contribution is 5.91. The van der Waals surface area contributed by atoms with E-state index in [0.29, 0.717) is 19.5 Å². The van der Waals surface area contributed by atoms with Crippen molar-refractivity contribution in [1.82, 2.24) is 4.90 Å². The number of nitrogens with zero attached hydrogens (tertiary/aromatic N) is 1. The monoisotopic (exact) mass is 338 g/mol. The fourth-order valence-corrected chi connectivity index (χ4v) is 2.61. The molecule has 0 fully saturated rings. The normalized spacial score (nSPS) is 10.4. The molecule has 0 bridgehead atoms. The van der Waals surface area contributed by atoms with Gasteiger partial charge in [0.25, 0.3) is 0 Å². The van der Waals surface area contributed by atoms with Crippen LogP contribution in [0.5, 0.6) is 0 Å². The zero-order valence-corrected chi connectivity index (χ0v) is 15.2. The van der Waals surface area contributed by atoms with Gasteiger partial charge in [0.05, 0.1) is 0 Å². The first kappa shape index (κ1) is 18.7. The van der Waals surface area contributed by atoms with Gasteiger partial charge in [0.1, 0.15) is 0 Å². The van der Waals surface area contributed by atoms with Gasteiger partial charge in [0.15, 0.2) is 0 Å². The Bertz CT molecular complexity index is 726. The quantitative estimate of drug-likeness (QED) is 0.836. The summed E-state index contributed by atoms with van der Waals surface area (Å²) in [5.74, 6) is -0.0795. The van der Waals surface area contributed by atoms with Crippen LogP contribution in [0.1, 0.15) is 30.0 Å². The highest BCUT2D eigenvalue weighted by Gasteiger charge is 2.11. The number of carbonyl (C=O) groups is 2. The Morgan fingerprint density at radius 3 is 2.32 bits per heavy atom. The summed E-state index contributed by atoms with van der Waals surface area (Å²) >= 11 is 0. The lowest BCUT2D eigenvalue weighted by Crippen LogP contribution is -2.33. The summed E-state index contributed by atoms with van der Waals surface area (Å²) in [5, 5.41) is 2.90. The molecule has 0 saturated carbocycles. The lowest BCUT2D eigenvalue weighted by Gasteiger charge is -2.21. The van der Waals surface area contributed by atoms with Crippen molar-refractivity contribution in [3.05, 3.63) is 65.2 Å². The predicted octanol–water partition coefficient (Wildman–Crippen LogP) is 3.72. The van der Waals surface area contributed by atoms with Crippen LogP contribution in [0.15, 0.2) is 48.5 Å². The van der Waals surface area contributed by atoms with Gasteiger partial charge in [-0.2, -0.15) is 0 Å². The number of hydrogen-bond donors (Lipinski definition) is 1. The Morgan fingerprint density at radius 2 is 1.68 bits per heavy atom. The van der Waals surface area contributed by atoms with Crippen molar-refractivity contribution in [2.45, 2.75) is 33.6 Å². The molecule has 0 atom stereocenters. The van der Waals surface area contributed by atoms with Gasteiger partial charge in [0, 0.05) is 32.1 Å². The molecule has 0 heterocycles. The molecular formula is C21H26N2O2. The smallest absolute Gasteiger partial charge is 0.226 e. The molecule has 0 spiro atoms. The van der Waals surface area contributed by atoms with Crippen molar-refractivity contribution in [2.75, 3.05) is 18.4 Å². The summed E-state index contributed by atoms with van der Waals surface area (Å²) < 4.78 is 0. The molecule has 0 aliphatic carbocycles. The molecule has 0 aliphatic heterocycles. The van der Waals surface area contributed by atoms with Crippen LogP contribution in [-0.4, -0.2) is 29.8 Å². The number of benzene rings is 2. The molecule has 4 nitrogen and oxygen atoms in total. The Hall–Kier alpha value is -2.62. The standard InChI is InChI=1S/C21H26N2O2/c1-16-9-10-20(15-17(16)2)22-21(25)12-14-23(18(3)24)13-11-19-7-5-4-6-8-19/h4-10,15H,11-14H2,1-3H3,(H,22,25). The van der Waals surface area contributed by atoms with E-state index in [1.54, 1.807) is 11.8 Å². The van der Waals surface area contributed by atoms with Gasteiger partial charge in [-0.15, -0.1) is 0 Å². The summed E-state index contributed by atoms with van der Waals surface area (Å²) in [6, 6.07) is 15.9. The van der Waals surface area contributed by atoms with E-state index < -0.39 is 0 Å². The van der Waals surface area contributed by atoms with Crippen molar-refractivity contribution in [1.29, 1.82) is 0 Å². The summed E-state index contributed by atoms with van der Waals surface area (Å²) in [5.41, 5.74) is 4.33. The van der Waals surface area contributed by atoms with Crippen LogP contribution < -0.4 is 5.32 Å². The number of rotatable bonds is 7. The first-order valence-corrected chi connectivity index (χ1v) is 8.62. The van der Waals surface area contributed by atoms with Crippen LogP contribution in [0, 0.1) is 13.8 Å². The first-order chi connectivity index (χ1) is 12.0. The molecule has 0 aromatic heterocycles. The van der Waals surface area contributed by atoms with E-state index in [0.717, 1.165) is 17.7 Å². The number of nitrogens with one attached hydrogen (secondary N) is 1. The largest absolute Gasteiger partial charge is 0.342 e. The molecule has 1 N–H and O–H groups in total. The molecule has 132 valence electrons. The summed E-state index contributed by atoms with van der Waals surface area (Å²) in [6.07, 6.45) is 1.08. The second kappa shape index (κ2) is 9.02. The van der Waals surface area contributed by atoms with E-state index in [2.05, 4.69) is 5.32 Å². The third-order valence-electron chi connectivity index (χ3n) is 4.36. The first-order valence-electron chi connectivity index (χ1n) is 8.62. The van der Waals surface area contributed by atoms with Crippen LogP contribution in [0.25, 0.3) is 0 Å². The molecule has 25 heavy (non-hydrogen) atoms. The third-order valence-corrected chi connectivity index (χ3v) is 4.36. The minimum Gasteiger partial charge on any atom is -0.342 e. The maximum absolute atomic E-state index is 12.2. The summed E-state index contributed by atoms with van der Waals surface area (Å²) in [6.45, 7) is 6.66. The zero-order chi connectivity index (χ0) is 18.2. The molecule has 4 heteroatoms. The number of amides is 2. The van der Waals surface area contributed by atoms with E-state index in [4.69, 9.17) is 0 Å². The van der Waals surface area contributed by atoms with Gasteiger partial charge in [-0.05, 0) is 49.1 Å². The average molecular weight is 338 g/mol. The van der Waals surface area contributed by atoms with E-state index in [1.807, 2.05) is 62.4 Å². The van der Waals surface area contributed by atoms with Gasteiger partial charge in [0.2, 0.25) is 11.8 Å². The van der Waals surface area contributed by atoms with Crippen LogP contribution in [0.2, 0.25) is 0 Å². The molecule has 0 aliphatic rings. The molecule has 2 rings (SSSR count). The van der Waals surface area contributed by atoms with Gasteiger partial charge in [-0.25, -0.2) is 0 Å². The minimum absolute atomic E-state index is 0.00471. The lowest BCUT2D eigenvalue weighted by atomic mass is 10.1. The Morgan fingerprint density at radius 1 is 0.960 bits per heavy atom. The van der Waals surface area contributed by atoms with Gasteiger partial charge in [-0.1, -0.05) is 36.4 Å².